The van der Waals surface area contributed by atoms with Gasteiger partial charge >= 0.3 is 35.8 Å². The van der Waals surface area contributed by atoms with E-state index in [1.54, 1.807) is 38.5 Å². The molecule has 14 aliphatic heterocycles. The molecule has 606 valence electrons. The molecule has 2 unspecified atom stereocenters. The Bertz CT molecular complexity index is 5230. The van der Waals surface area contributed by atoms with Crippen LogP contribution >= 0.6 is 23.5 Å². The van der Waals surface area contributed by atoms with Gasteiger partial charge in [-0.1, -0.05) is 12.1 Å². The lowest BCUT2D eigenvalue weighted by atomic mass is 9.71. The van der Waals surface area contributed by atoms with E-state index in [9.17, 15) is 49.3 Å². The van der Waals surface area contributed by atoms with E-state index in [0.29, 0.717) is 141 Å². The third kappa shape index (κ3) is 11.7. The summed E-state index contributed by atoms with van der Waals surface area (Å²) in [6, 6.07) is 8.10. The predicted molar refractivity (Wildman–Crippen MR) is 412 cm³/mol. The summed E-state index contributed by atoms with van der Waals surface area (Å²) in [5, 5.41) is 51.2. The molecule has 4 saturated heterocycles. The van der Waals surface area contributed by atoms with Gasteiger partial charge in [0.05, 0.1) is 75.2 Å². The van der Waals surface area contributed by atoms with Crippen LogP contribution in [-0.4, -0.2) is 201 Å². The predicted octanol–water partition coefficient (Wildman–Crippen LogP) is 7.84. The number of aromatic hydroxyl groups is 2. The van der Waals surface area contributed by atoms with E-state index in [4.69, 9.17) is 66.3 Å². The number of ether oxygens (including phenoxy) is 14. The van der Waals surface area contributed by atoms with E-state index in [0.717, 1.165) is 44.5 Å². The normalized spacial score (nSPS) is 28.2. The van der Waals surface area contributed by atoms with Crippen molar-refractivity contribution in [2.24, 2.45) is 0 Å². The Morgan fingerprint density at radius 1 is 0.513 bits per heavy atom. The maximum absolute atomic E-state index is 14.8. The molecule has 30 nitrogen and oxygen atoms in total. The molecule has 0 saturated carbocycles. The van der Waals surface area contributed by atoms with Crippen molar-refractivity contribution in [2.45, 2.75) is 163 Å². The Balaban J connectivity index is 0.000000166. The second kappa shape index (κ2) is 29.0. The summed E-state index contributed by atoms with van der Waals surface area (Å²) in [7, 11) is 9.94. The number of likely N-dealkylation sites (N-methyl/N-ethyl adjacent to an activating group) is 2. The molecule has 115 heavy (non-hydrogen) atoms. The van der Waals surface area contributed by atoms with E-state index in [-0.39, 0.29) is 67.3 Å². The van der Waals surface area contributed by atoms with Crippen molar-refractivity contribution in [3.63, 3.8) is 0 Å². The summed E-state index contributed by atoms with van der Waals surface area (Å²) in [6.45, 7) is 13.1. The topological polar surface area (TPSA) is 353 Å². The van der Waals surface area contributed by atoms with Crippen molar-refractivity contribution in [3.05, 3.63) is 125 Å². The molecule has 0 radical (unpaired) electrons. The maximum Gasteiger partial charge on any atom is 0.331 e. The number of fused-ring (bicyclic) bond motifs is 18. The molecule has 14 atom stereocenters. The zero-order valence-corrected chi connectivity index (χ0v) is 67.6. The summed E-state index contributed by atoms with van der Waals surface area (Å²) in [5.74, 6) is 1.30. The number of thioether (sulfide) groups is 2. The van der Waals surface area contributed by atoms with Crippen LogP contribution < -0.4 is 67.5 Å². The van der Waals surface area contributed by atoms with Crippen LogP contribution in [0.2, 0.25) is 0 Å². The zero-order valence-electron chi connectivity index (χ0n) is 65.9. The Labute approximate surface area is 671 Å². The number of nitriles is 1. The van der Waals surface area contributed by atoms with Crippen LogP contribution in [0.3, 0.4) is 0 Å². The number of hydrogen-bond donors (Lipinski definition) is 5. The monoisotopic (exact) mass is 1620 g/mol. The fraction of sp³-hybridized carbons (Fsp3) is 0.482. The lowest BCUT2D eigenvalue weighted by molar-refractivity contribution is -0.186. The molecule has 32 heteroatoms. The number of phenols is 2. The molecule has 6 aromatic carbocycles. The first kappa shape index (κ1) is 77.6. The first-order valence-electron chi connectivity index (χ1n) is 38.2. The number of aryl methyl sites for hydroxylation is 2. The number of esters is 6. The molecule has 4 fully saturated rings. The molecule has 6 aromatic rings. The summed E-state index contributed by atoms with van der Waals surface area (Å²) in [6.07, 6.45) is 0.907. The molecular formula is C83H89N7O23S2. The van der Waals surface area contributed by atoms with Gasteiger partial charge in [-0.2, -0.15) is 5.26 Å². The number of aliphatic hydroxyl groups excluding tert-OH is 1. The maximum atomic E-state index is 14.8. The third-order valence-corrected chi connectivity index (χ3v) is 28.1. The van der Waals surface area contributed by atoms with Crippen LogP contribution in [0.5, 0.6) is 80.5 Å². The molecule has 5 N–H and O–H groups in total. The van der Waals surface area contributed by atoms with E-state index in [2.05, 4.69) is 31.4 Å². The molecule has 14 aliphatic rings. The number of carbonyl (C=O) groups is 6. The summed E-state index contributed by atoms with van der Waals surface area (Å²) < 4.78 is 84.7. The lowest BCUT2D eigenvalue weighted by Crippen LogP contribution is -2.70. The van der Waals surface area contributed by atoms with Gasteiger partial charge in [-0.15, -0.1) is 23.5 Å². The van der Waals surface area contributed by atoms with Gasteiger partial charge in [0.2, 0.25) is 13.6 Å². The van der Waals surface area contributed by atoms with Crippen LogP contribution in [0, 0.1) is 39.0 Å². The first-order valence-corrected chi connectivity index (χ1v) is 40.3. The van der Waals surface area contributed by atoms with Crippen LogP contribution in [0.1, 0.15) is 151 Å². The number of nitrogens with zero attached hydrogens (tertiary/aromatic N) is 5. The zero-order chi connectivity index (χ0) is 81.2. The van der Waals surface area contributed by atoms with E-state index < -0.39 is 112 Å². The smallest absolute Gasteiger partial charge is 0.331 e. The third-order valence-electron chi connectivity index (χ3n) is 25.2. The molecule has 0 aromatic heterocycles. The standard InChI is InChI=1S/C42H44N4O11S.C41H45N3O12S/c1-18-10-23-11-25-26(14-43)46-27-15-53-41(50)42(24-13-29(51-6)28(49)12-22(24)8-9-44-42)16-58-40(32-31(27)38-37(54-17-55-38)19(2)36(32)56-20(3)47)34(46)33(45(25)5)30(23)39(35(18)52-7)57-21(4)48;1-17-10-22-11-24-39(48)44-25-14-52-40(49)41(23-13-27(50-6)26(47)12-21(23)8-9-42-41)15-57-38(30-29(25)36-35(53-16-54-36)18(2)34(30)55-19(3)45)32(44)31(43(24)5)28(22)37(33(17)51-7)56-20(4)46/h10,12-13,25-27,33-34,40,44,49H,8-9,11,15-17H2,1-7H3;10,12-13,24-25,31-32,38-39,42,47-48H,8-9,11,14-16H2,1-7H3/t25-,26-,27-,33+,34?,40+,42+;24-,25-,31+,32?,38+,39-,41+/m00/s1. The summed E-state index contributed by atoms with van der Waals surface area (Å²) >= 11 is 2.92. The average molecular weight is 1620 g/mol. The molecule has 20 rings (SSSR count). The van der Waals surface area contributed by atoms with E-state index in [1.807, 2.05) is 58.8 Å². The number of benzene rings is 6. The Hall–Kier alpha value is -9.95. The number of nitrogens with one attached hydrogen (secondary N) is 2. The Morgan fingerprint density at radius 3 is 1.33 bits per heavy atom. The van der Waals surface area contributed by atoms with Crippen molar-refractivity contribution in [3.8, 4) is 86.6 Å². The summed E-state index contributed by atoms with van der Waals surface area (Å²) in [4.78, 5) is 89.7. The fourth-order valence-electron chi connectivity index (χ4n) is 20.6. The summed E-state index contributed by atoms with van der Waals surface area (Å²) in [5.41, 5.74) is 8.65. The minimum absolute atomic E-state index is 0.0330. The van der Waals surface area contributed by atoms with Gasteiger partial charge in [0.25, 0.3) is 0 Å². The van der Waals surface area contributed by atoms with Gasteiger partial charge < -0.3 is 81.6 Å². The molecule has 0 amide bonds. The van der Waals surface area contributed by atoms with Gasteiger partial charge in [0.15, 0.2) is 80.1 Å². The van der Waals surface area contributed by atoms with Gasteiger partial charge in [-0.3, -0.25) is 49.4 Å². The molecule has 0 aliphatic carbocycles. The van der Waals surface area contributed by atoms with Crippen molar-refractivity contribution in [1.82, 2.24) is 30.2 Å². The number of hydrogen-bond acceptors (Lipinski definition) is 32. The number of piperazine rings is 2. The van der Waals surface area contributed by atoms with Crippen LogP contribution in [0.15, 0.2) is 36.4 Å². The van der Waals surface area contributed by atoms with Crippen molar-refractivity contribution in [2.75, 3.05) is 93.9 Å². The highest BCUT2D eigenvalue weighted by atomic mass is 32.2. The number of methoxy groups -OCH3 is 4. The number of aliphatic hydroxyl groups is 1. The molecular weight excluding hydrogens is 1530 g/mol. The van der Waals surface area contributed by atoms with Gasteiger partial charge in [0.1, 0.15) is 37.0 Å². The second-order valence-electron chi connectivity index (χ2n) is 31.2. The van der Waals surface area contributed by atoms with Gasteiger partial charge in [-0.05, 0) is 136 Å². The fourth-order valence-corrected chi connectivity index (χ4v) is 24.0. The largest absolute Gasteiger partial charge is 0.504 e. The number of carbonyl (C=O) groups excluding carboxylic acids is 6. The SMILES string of the molecule is COc1cc2c(cc1O)CCN[C@]21CS[C@@H]2c3c(OC(C)=O)c(C)c4c(c3[C@H](COC1=O)N1C2[C@H]2c3c(cc(C)c(OC)c3OC(C)=O)C[C@@H]([C@@H]1C#N)N2C)OCO4.COc1cc2c(cc1O)CCN[C@]21CS[C@@H]2c3c(OC(C)=O)c(C)c4c(c3[C@H](COC1=O)N1C2[C@H]2c3c(cc(C)c(OC)c3OC(C)=O)C[C@@H]([C@@H]1O)N2C)OCO4. The van der Waals surface area contributed by atoms with E-state index >= 15 is 0 Å². The van der Waals surface area contributed by atoms with Crippen LogP contribution in [0.25, 0.3) is 0 Å². The first-order chi connectivity index (χ1) is 55.1. The van der Waals surface area contributed by atoms with Crippen molar-refractivity contribution < 1.29 is 110 Å². The quantitative estimate of drug-likeness (QED) is 0.0715. The highest BCUT2D eigenvalue weighted by molar-refractivity contribution is 7.99. The van der Waals surface area contributed by atoms with Crippen LogP contribution in [-0.2, 0) is 75.0 Å². The number of phenolic OH excluding ortho intramolecular Hbond substituents is 2. The van der Waals surface area contributed by atoms with E-state index in [1.165, 1.54) is 65.4 Å². The highest BCUT2D eigenvalue weighted by Gasteiger charge is 2.65. The average Bonchev–Trinajstić information content (AvgIpc) is 1.56. The minimum atomic E-state index is -1.39. The minimum Gasteiger partial charge on any atom is -0.504 e. The molecule has 2 spiro atoms. The second-order valence-corrected chi connectivity index (χ2v) is 33.4. The highest BCUT2D eigenvalue weighted by Crippen LogP contribution is 2.68. The van der Waals surface area contributed by atoms with Crippen molar-refractivity contribution in [1.29, 1.82) is 5.26 Å². The van der Waals surface area contributed by atoms with Gasteiger partial charge in [0, 0.05) is 115 Å². The Kier molecular flexibility index (Phi) is 19.6. The van der Waals surface area contributed by atoms with Crippen molar-refractivity contribution >= 4 is 59.3 Å². The number of rotatable bonds is 8. The Morgan fingerprint density at radius 2 is 0.913 bits per heavy atom. The molecule has 8 bridgehead atoms. The molecule has 14 heterocycles. The van der Waals surface area contributed by atoms with Gasteiger partial charge in [-0.25, -0.2) is 9.59 Å². The lowest BCUT2D eigenvalue weighted by Gasteiger charge is -2.62. The van der Waals surface area contributed by atoms with Crippen LogP contribution in [0.4, 0.5) is 0 Å².